The van der Waals surface area contributed by atoms with Crippen LogP contribution < -0.4 is 5.32 Å². The van der Waals surface area contributed by atoms with Crippen molar-refractivity contribution in [3.63, 3.8) is 0 Å². The number of carboxylic acids is 1. The molecule has 0 saturated carbocycles. The van der Waals surface area contributed by atoms with Crippen molar-refractivity contribution in [2.45, 2.75) is 26.5 Å². The minimum absolute atomic E-state index is 0.0784. The SMILES string of the molecule is CC(C)n1ncc(C(=O)O)c1NC(=O)OCc1ccccc1. The molecule has 2 aromatic rings. The molecule has 0 atom stereocenters. The van der Waals surface area contributed by atoms with Crippen LogP contribution in [0.2, 0.25) is 0 Å². The Kier molecular flexibility index (Phi) is 4.77. The van der Waals surface area contributed by atoms with Crippen LogP contribution in [-0.2, 0) is 11.3 Å². The van der Waals surface area contributed by atoms with E-state index < -0.39 is 12.1 Å². The highest BCUT2D eigenvalue weighted by Gasteiger charge is 2.20. The van der Waals surface area contributed by atoms with E-state index in [-0.39, 0.29) is 24.0 Å². The lowest BCUT2D eigenvalue weighted by molar-refractivity contribution is 0.0698. The normalized spacial score (nSPS) is 10.5. The molecule has 0 unspecified atom stereocenters. The van der Waals surface area contributed by atoms with E-state index in [0.717, 1.165) is 5.56 Å². The summed E-state index contributed by atoms with van der Waals surface area (Å²) in [4.78, 5) is 23.0. The maximum atomic E-state index is 11.9. The highest BCUT2D eigenvalue weighted by atomic mass is 16.5. The summed E-state index contributed by atoms with van der Waals surface area (Å²) in [5.41, 5.74) is 0.763. The molecule has 116 valence electrons. The number of nitrogens with one attached hydrogen (secondary N) is 1. The molecule has 1 amide bonds. The number of ether oxygens (including phenoxy) is 1. The zero-order valence-corrected chi connectivity index (χ0v) is 12.3. The lowest BCUT2D eigenvalue weighted by Crippen LogP contribution is -2.19. The highest BCUT2D eigenvalue weighted by molar-refractivity contribution is 5.97. The number of hydrogen-bond acceptors (Lipinski definition) is 4. The molecule has 1 heterocycles. The fourth-order valence-corrected chi connectivity index (χ4v) is 1.89. The Labute approximate surface area is 127 Å². The third kappa shape index (κ3) is 3.63. The molecule has 1 aromatic carbocycles. The number of aromatic carboxylic acids is 1. The molecular weight excluding hydrogens is 286 g/mol. The van der Waals surface area contributed by atoms with Crippen molar-refractivity contribution in [1.82, 2.24) is 9.78 Å². The van der Waals surface area contributed by atoms with Crippen LogP contribution in [0.3, 0.4) is 0 Å². The summed E-state index contributed by atoms with van der Waals surface area (Å²) >= 11 is 0. The second-order valence-corrected chi connectivity index (χ2v) is 4.94. The van der Waals surface area contributed by atoms with Gasteiger partial charge in [-0.15, -0.1) is 0 Å². The van der Waals surface area contributed by atoms with Crippen LogP contribution in [0.15, 0.2) is 36.5 Å². The standard InChI is InChI=1S/C15H17N3O4/c1-10(2)18-13(12(8-16-18)14(19)20)17-15(21)22-9-11-6-4-3-5-7-11/h3-8,10H,9H2,1-2H3,(H,17,21)(H,19,20). The Morgan fingerprint density at radius 3 is 2.59 bits per heavy atom. The van der Waals surface area contributed by atoms with Crippen molar-refractivity contribution in [2.24, 2.45) is 0 Å². The van der Waals surface area contributed by atoms with E-state index in [1.54, 1.807) is 0 Å². The highest BCUT2D eigenvalue weighted by Crippen LogP contribution is 2.20. The van der Waals surface area contributed by atoms with E-state index >= 15 is 0 Å². The van der Waals surface area contributed by atoms with E-state index in [1.807, 2.05) is 44.2 Å². The predicted molar refractivity (Wildman–Crippen MR) is 79.8 cm³/mol. The number of amides is 1. The van der Waals surface area contributed by atoms with Crippen molar-refractivity contribution in [2.75, 3.05) is 5.32 Å². The molecule has 0 aliphatic rings. The van der Waals surface area contributed by atoms with Gasteiger partial charge in [-0.3, -0.25) is 5.32 Å². The maximum Gasteiger partial charge on any atom is 0.413 e. The molecular formula is C15H17N3O4. The average molecular weight is 303 g/mol. The Morgan fingerprint density at radius 1 is 1.32 bits per heavy atom. The minimum Gasteiger partial charge on any atom is -0.477 e. The first-order chi connectivity index (χ1) is 10.5. The molecule has 0 bridgehead atoms. The van der Waals surface area contributed by atoms with Gasteiger partial charge in [-0.25, -0.2) is 14.3 Å². The molecule has 7 heteroatoms. The third-order valence-electron chi connectivity index (χ3n) is 2.95. The molecule has 0 aliphatic heterocycles. The predicted octanol–water partition coefficient (Wildman–Crippen LogP) is 2.91. The fourth-order valence-electron chi connectivity index (χ4n) is 1.89. The lowest BCUT2D eigenvalue weighted by Gasteiger charge is -2.13. The Balaban J connectivity index is 2.07. The first-order valence-corrected chi connectivity index (χ1v) is 6.77. The molecule has 0 radical (unpaired) electrons. The quantitative estimate of drug-likeness (QED) is 0.885. The van der Waals surface area contributed by atoms with Gasteiger partial charge in [0.2, 0.25) is 0 Å². The lowest BCUT2D eigenvalue weighted by atomic mass is 10.2. The molecule has 2 N–H and O–H groups in total. The summed E-state index contributed by atoms with van der Waals surface area (Å²) in [5, 5.41) is 15.6. The number of carboxylic acid groups (broad SMARTS) is 1. The number of rotatable bonds is 5. The van der Waals surface area contributed by atoms with Crippen LogP contribution in [0.5, 0.6) is 0 Å². The number of aromatic nitrogens is 2. The number of carbonyl (C=O) groups excluding carboxylic acids is 1. The maximum absolute atomic E-state index is 11.9. The number of nitrogens with zero attached hydrogens (tertiary/aromatic N) is 2. The number of benzene rings is 1. The average Bonchev–Trinajstić information content (AvgIpc) is 2.90. The van der Waals surface area contributed by atoms with Crippen LogP contribution in [0, 0.1) is 0 Å². The smallest absolute Gasteiger partial charge is 0.413 e. The molecule has 0 fully saturated rings. The van der Waals surface area contributed by atoms with Crippen molar-refractivity contribution in [3.05, 3.63) is 47.7 Å². The largest absolute Gasteiger partial charge is 0.477 e. The molecule has 0 aliphatic carbocycles. The van der Waals surface area contributed by atoms with Crippen LogP contribution in [0.4, 0.5) is 10.6 Å². The van der Waals surface area contributed by atoms with Gasteiger partial charge in [-0.05, 0) is 19.4 Å². The van der Waals surface area contributed by atoms with Gasteiger partial charge in [-0.1, -0.05) is 30.3 Å². The molecule has 22 heavy (non-hydrogen) atoms. The van der Waals surface area contributed by atoms with Gasteiger partial charge in [0.1, 0.15) is 18.0 Å². The molecule has 0 saturated heterocycles. The summed E-state index contributed by atoms with van der Waals surface area (Å²) in [6.45, 7) is 3.77. The second-order valence-electron chi connectivity index (χ2n) is 4.94. The van der Waals surface area contributed by atoms with Crippen LogP contribution >= 0.6 is 0 Å². The van der Waals surface area contributed by atoms with Crippen LogP contribution in [0.25, 0.3) is 0 Å². The third-order valence-corrected chi connectivity index (χ3v) is 2.95. The van der Waals surface area contributed by atoms with Gasteiger partial charge < -0.3 is 9.84 Å². The van der Waals surface area contributed by atoms with Crippen molar-refractivity contribution < 1.29 is 19.4 Å². The summed E-state index contributed by atoms with van der Waals surface area (Å²) in [6, 6.07) is 9.10. The second kappa shape index (κ2) is 6.75. The van der Waals surface area contributed by atoms with Gasteiger partial charge in [0.15, 0.2) is 0 Å². The summed E-state index contributed by atoms with van der Waals surface area (Å²) in [5.74, 6) is -1.05. The van der Waals surface area contributed by atoms with Crippen LogP contribution in [-0.4, -0.2) is 26.9 Å². The Morgan fingerprint density at radius 2 is 2.00 bits per heavy atom. The number of hydrogen-bond donors (Lipinski definition) is 2. The summed E-state index contributed by atoms with van der Waals surface area (Å²) < 4.78 is 6.51. The van der Waals surface area contributed by atoms with E-state index in [0.29, 0.717) is 0 Å². The number of anilines is 1. The van der Waals surface area contributed by atoms with Gasteiger partial charge in [-0.2, -0.15) is 5.10 Å². The van der Waals surface area contributed by atoms with E-state index in [4.69, 9.17) is 9.84 Å². The molecule has 1 aromatic heterocycles. The van der Waals surface area contributed by atoms with Crippen molar-refractivity contribution in [3.8, 4) is 0 Å². The summed E-state index contributed by atoms with van der Waals surface area (Å²) in [7, 11) is 0. The zero-order valence-electron chi connectivity index (χ0n) is 12.3. The van der Waals surface area contributed by atoms with Gasteiger partial charge >= 0.3 is 12.1 Å². The van der Waals surface area contributed by atoms with Gasteiger partial charge in [0.25, 0.3) is 0 Å². The molecule has 0 spiro atoms. The van der Waals surface area contributed by atoms with Gasteiger partial charge in [0, 0.05) is 6.04 Å². The molecule has 2 rings (SSSR count). The number of carbonyl (C=O) groups is 2. The topological polar surface area (TPSA) is 93.5 Å². The monoisotopic (exact) mass is 303 g/mol. The van der Waals surface area contributed by atoms with Crippen molar-refractivity contribution in [1.29, 1.82) is 0 Å². The Hall–Kier alpha value is -2.83. The first-order valence-electron chi connectivity index (χ1n) is 6.77. The summed E-state index contributed by atoms with van der Waals surface area (Å²) in [6.07, 6.45) is 0.476. The minimum atomic E-state index is -1.16. The van der Waals surface area contributed by atoms with Crippen molar-refractivity contribution >= 4 is 17.9 Å². The van der Waals surface area contributed by atoms with E-state index in [2.05, 4.69) is 10.4 Å². The van der Waals surface area contributed by atoms with E-state index in [1.165, 1.54) is 10.9 Å². The van der Waals surface area contributed by atoms with Gasteiger partial charge in [0.05, 0.1) is 6.20 Å². The van der Waals surface area contributed by atoms with E-state index in [9.17, 15) is 9.59 Å². The Bertz CT molecular complexity index is 665. The van der Waals surface area contributed by atoms with Crippen LogP contribution in [0.1, 0.15) is 35.8 Å². The molecule has 7 nitrogen and oxygen atoms in total. The first kappa shape index (κ1) is 15.6. The fraction of sp³-hybridized carbons (Fsp3) is 0.267. The zero-order chi connectivity index (χ0) is 16.1.